The maximum atomic E-state index is 12.0. The lowest BCUT2D eigenvalue weighted by Crippen LogP contribution is -2.45. The molecule has 23 heavy (non-hydrogen) atoms. The average Bonchev–Trinajstić information content (AvgIpc) is 2.52. The number of hydrogen-bond acceptors (Lipinski definition) is 3. The van der Waals surface area contributed by atoms with Gasteiger partial charge in [-0.1, -0.05) is 50.4 Å². The molecule has 0 unspecified atom stereocenters. The van der Waals surface area contributed by atoms with Gasteiger partial charge in [-0.05, 0) is 36.0 Å². The van der Waals surface area contributed by atoms with E-state index in [1.54, 1.807) is 24.3 Å². The SMILES string of the molecule is C[C@@H]1[C@H](C)CCC[C@H]1NC(=O)COC(=O)Cc1ccc(Cl)cc1. The number of benzene rings is 1. The second-order valence-electron chi connectivity index (χ2n) is 6.41. The number of hydrogen-bond donors (Lipinski definition) is 1. The minimum atomic E-state index is -0.410. The van der Waals surface area contributed by atoms with Crippen molar-refractivity contribution < 1.29 is 14.3 Å². The Labute approximate surface area is 142 Å². The fourth-order valence-corrected chi connectivity index (χ4v) is 3.13. The zero-order valence-corrected chi connectivity index (χ0v) is 14.4. The van der Waals surface area contributed by atoms with E-state index in [9.17, 15) is 9.59 Å². The quantitative estimate of drug-likeness (QED) is 0.838. The van der Waals surface area contributed by atoms with Crippen molar-refractivity contribution in [2.24, 2.45) is 11.8 Å². The van der Waals surface area contributed by atoms with E-state index < -0.39 is 5.97 Å². The van der Waals surface area contributed by atoms with Crippen LogP contribution in [0.2, 0.25) is 5.02 Å². The number of rotatable bonds is 5. The first kappa shape index (κ1) is 17.8. The molecule has 0 radical (unpaired) electrons. The van der Waals surface area contributed by atoms with Crippen molar-refractivity contribution in [2.75, 3.05) is 6.61 Å². The number of carbonyl (C=O) groups excluding carboxylic acids is 2. The van der Waals surface area contributed by atoms with Crippen LogP contribution in [0.5, 0.6) is 0 Å². The molecule has 1 aliphatic carbocycles. The number of carbonyl (C=O) groups is 2. The maximum absolute atomic E-state index is 12.0. The lowest BCUT2D eigenvalue weighted by molar-refractivity contribution is -0.148. The lowest BCUT2D eigenvalue weighted by Gasteiger charge is -2.34. The van der Waals surface area contributed by atoms with Gasteiger partial charge in [0.15, 0.2) is 6.61 Å². The molecule has 1 amide bonds. The highest BCUT2D eigenvalue weighted by atomic mass is 35.5. The van der Waals surface area contributed by atoms with Crippen LogP contribution < -0.4 is 5.32 Å². The van der Waals surface area contributed by atoms with Crippen molar-refractivity contribution in [3.05, 3.63) is 34.9 Å². The van der Waals surface area contributed by atoms with Crippen LogP contribution in [0.15, 0.2) is 24.3 Å². The van der Waals surface area contributed by atoms with Crippen molar-refractivity contribution in [2.45, 2.75) is 45.6 Å². The van der Waals surface area contributed by atoms with Crippen LogP contribution in [0.4, 0.5) is 0 Å². The Balaban J connectivity index is 1.73. The molecule has 1 aromatic carbocycles. The molecule has 4 nitrogen and oxygen atoms in total. The van der Waals surface area contributed by atoms with Crippen molar-refractivity contribution in [1.82, 2.24) is 5.32 Å². The van der Waals surface area contributed by atoms with E-state index in [1.807, 2.05) is 0 Å². The Kier molecular flexibility index (Phi) is 6.46. The van der Waals surface area contributed by atoms with Gasteiger partial charge in [0.05, 0.1) is 6.42 Å². The third-order valence-corrected chi connectivity index (χ3v) is 4.93. The Morgan fingerprint density at radius 2 is 1.91 bits per heavy atom. The second-order valence-corrected chi connectivity index (χ2v) is 6.84. The molecule has 5 heteroatoms. The molecule has 3 atom stereocenters. The van der Waals surface area contributed by atoms with Gasteiger partial charge in [-0.3, -0.25) is 9.59 Å². The van der Waals surface area contributed by atoms with Gasteiger partial charge in [0, 0.05) is 11.1 Å². The predicted octanol–water partition coefficient (Wildman–Crippen LogP) is 3.37. The monoisotopic (exact) mass is 337 g/mol. The minimum Gasteiger partial charge on any atom is -0.455 e. The predicted molar refractivity (Wildman–Crippen MR) is 90.2 cm³/mol. The van der Waals surface area contributed by atoms with Gasteiger partial charge in [0.1, 0.15) is 0 Å². The molecule has 1 aliphatic rings. The molecule has 1 aromatic rings. The topological polar surface area (TPSA) is 55.4 Å². The molecule has 0 aromatic heterocycles. The summed E-state index contributed by atoms with van der Waals surface area (Å²) in [4.78, 5) is 23.7. The molecular weight excluding hydrogens is 314 g/mol. The highest BCUT2D eigenvalue weighted by molar-refractivity contribution is 6.30. The van der Waals surface area contributed by atoms with Gasteiger partial charge in [-0.15, -0.1) is 0 Å². The summed E-state index contributed by atoms with van der Waals surface area (Å²) in [6.07, 6.45) is 3.48. The lowest BCUT2D eigenvalue weighted by atomic mass is 9.78. The van der Waals surface area contributed by atoms with E-state index in [0.29, 0.717) is 16.9 Å². The number of ether oxygens (including phenoxy) is 1. The first-order valence-corrected chi connectivity index (χ1v) is 8.53. The van der Waals surface area contributed by atoms with Gasteiger partial charge in [0.25, 0.3) is 5.91 Å². The van der Waals surface area contributed by atoms with Crippen LogP contribution >= 0.6 is 11.6 Å². The molecule has 2 rings (SSSR count). The largest absolute Gasteiger partial charge is 0.455 e. The van der Waals surface area contributed by atoms with Crippen LogP contribution in [-0.4, -0.2) is 24.5 Å². The van der Waals surface area contributed by atoms with E-state index >= 15 is 0 Å². The molecular formula is C18H24ClNO3. The van der Waals surface area contributed by atoms with Crippen molar-refractivity contribution in [3.63, 3.8) is 0 Å². The van der Waals surface area contributed by atoms with Crippen LogP contribution in [0.3, 0.4) is 0 Å². The molecule has 1 fully saturated rings. The van der Waals surface area contributed by atoms with Crippen LogP contribution in [0.1, 0.15) is 38.7 Å². The van der Waals surface area contributed by atoms with Crippen LogP contribution in [0, 0.1) is 11.8 Å². The summed E-state index contributed by atoms with van der Waals surface area (Å²) >= 11 is 5.80. The van der Waals surface area contributed by atoms with Gasteiger partial charge in [-0.25, -0.2) is 0 Å². The zero-order chi connectivity index (χ0) is 16.8. The summed E-state index contributed by atoms with van der Waals surface area (Å²) in [6.45, 7) is 4.17. The molecule has 0 spiro atoms. The number of amides is 1. The van der Waals surface area contributed by atoms with Crippen molar-refractivity contribution in [1.29, 1.82) is 0 Å². The Morgan fingerprint density at radius 3 is 2.61 bits per heavy atom. The normalized spacial score (nSPS) is 24.0. The smallest absolute Gasteiger partial charge is 0.310 e. The number of nitrogens with one attached hydrogen (secondary N) is 1. The molecule has 0 aliphatic heterocycles. The molecule has 0 saturated heterocycles. The fraction of sp³-hybridized carbons (Fsp3) is 0.556. The van der Waals surface area contributed by atoms with E-state index in [2.05, 4.69) is 19.2 Å². The first-order valence-electron chi connectivity index (χ1n) is 8.15. The number of halogens is 1. The highest BCUT2D eigenvalue weighted by Crippen LogP contribution is 2.29. The molecule has 0 heterocycles. The molecule has 0 bridgehead atoms. The van der Waals surface area contributed by atoms with Gasteiger partial charge < -0.3 is 10.1 Å². The first-order chi connectivity index (χ1) is 11.0. The Hall–Kier alpha value is -1.55. The summed E-state index contributed by atoms with van der Waals surface area (Å²) in [6, 6.07) is 7.18. The van der Waals surface area contributed by atoms with Crippen molar-refractivity contribution >= 4 is 23.5 Å². The fourth-order valence-electron chi connectivity index (χ4n) is 3.00. The third kappa shape index (κ3) is 5.54. The van der Waals surface area contributed by atoms with Gasteiger partial charge in [-0.2, -0.15) is 0 Å². The average molecular weight is 338 g/mol. The Morgan fingerprint density at radius 1 is 1.22 bits per heavy atom. The summed E-state index contributed by atoms with van der Waals surface area (Å²) in [5.41, 5.74) is 0.814. The van der Waals surface area contributed by atoms with Crippen molar-refractivity contribution in [3.8, 4) is 0 Å². The minimum absolute atomic E-state index is 0.140. The molecule has 1 N–H and O–H groups in total. The summed E-state index contributed by atoms with van der Waals surface area (Å²) in [5.74, 6) is 0.437. The number of esters is 1. The van der Waals surface area contributed by atoms with Gasteiger partial charge >= 0.3 is 5.97 Å². The van der Waals surface area contributed by atoms with Crippen LogP contribution in [0.25, 0.3) is 0 Å². The zero-order valence-electron chi connectivity index (χ0n) is 13.7. The van der Waals surface area contributed by atoms with E-state index in [1.165, 1.54) is 6.42 Å². The van der Waals surface area contributed by atoms with E-state index in [4.69, 9.17) is 16.3 Å². The maximum Gasteiger partial charge on any atom is 0.310 e. The summed E-state index contributed by atoms with van der Waals surface area (Å²) < 4.78 is 5.06. The molecule has 126 valence electrons. The Bertz CT molecular complexity index is 544. The van der Waals surface area contributed by atoms with E-state index in [0.717, 1.165) is 18.4 Å². The summed E-state index contributed by atoms with van der Waals surface area (Å²) in [7, 11) is 0. The third-order valence-electron chi connectivity index (χ3n) is 4.68. The van der Waals surface area contributed by atoms with Crippen LogP contribution in [-0.2, 0) is 20.7 Å². The standard InChI is InChI=1S/C18H24ClNO3/c1-12-4-3-5-16(13(12)2)20-17(21)11-23-18(22)10-14-6-8-15(19)9-7-14/h6-9,12-13,16H,3-5,10-11H2,1-2H3,(H,20,21)/t12-,13-,16-/m1/s1. The highest BCUT2D eigenvalue weighted by Gasteiger charge is 2.28. The van der Waals surface area contributed by atoms with Gasteiger partial charge in [0.2, 0.25) is 0 Å². The summed E-state index contributed by atoms with van der Waals surface area (Å²) in [5, 5.41) is 3.61. The van der Waals surface area contributed by atoms with E-state index in [-0.39, 0.29) is 25.0 Å². The molecule has 1 saturated carbocycles. The second kappa shape index (κ2) is 8.34.